The number of carbonyl (C=O) groups is 1. The number of hydrogen-bond acceptors (Lipinski definition) is 2. The smallest absolute Gasteiger partial charge is 0.338 e. The van der Waals surface area contributed by atoms with Gasteiger partial charge in [0, 0.05) is 17.7 Å². The highest BCUT2D eigenvalue weighted by Gasteiger charge is 2.39. The molecule has 1 aliphatic heterocycles. The topological polar surface area (TPSA) is 26.3 Å². The van der Waals surface area contributed by atoms with Gasteiger partial charge in [0.2, 0.25) is 0 Å². The summed E-state index contributed by atoms with van der Waals surface area (Å²) >= 11 is 6.18. The fraction of sp³-hybridized carbons (Fsp3) is 0.438. The maximum absolute atomic E-state index is 12.2. The standard InChI is InChI=1S/C16H17ClO2/c1-10-13-8-7-12(17)9-14(13)19-16(18)15(10)11-5-3-2-4-6-11/h2-6,12-14H,7-9H2,1H3/t12-,13+,14+/m0/s1. The van der Waals surface area contributed by atoms with Crippen molar-refractivity contribution < 1.29 is 9.53 Å². The molecule has 3 atom stereocenters. The number of esters is 1. The summed E-state index contributed by atoms with van der Waals surface area (Å²) in [5.41, 5.74) is 2.86. The zero-order valence-corrected chi connectivity index (χ0v) is 11.7. The van der Waals surface area contributed by atoms with Gasteiger partial charge in [0.05, 0.1) is 5.57 Å². The lowest BCUT2D eigenvalue weighted by Crippen LogP contribution is -2.39. The maximum atomic E-state index is 12.2. The molecule has 0 spiro atoms. The molecule has 0 unspecified atom stereocenters. The van der Waals surface area contributed by atoms with Crippen molar-refractivity contribution in [2.75, 3.05) is 0 Å². The van der Waals surface area contributed by atoms with Crippen molar-refractivity contribution in [2.24, 2.45) is 5.92 Å². The van der Waals surface area contributed by atoms with Crippen LogP contribution in [-0.2, 0) is 9.53 Å². The first kappa shape index (κ1) is 12.7. The van der Waals surface area contributed by atoms with Crippen LogP contribution in [0.1, 0.15) is 31.7 Å². The monoisotopic (exact) mass is 276 g/mol. The number of hydrogen-bond donors (Lipinski definition) is 0. The number of alkyl halides is 1. The van der Waals surface area contributed by atoms with E-state index in [-0.39, 0.29) is 17.5 Å². The number of fused-ring (bicyclic) bond motifs is 1. The Labute approximate surface area is 118 Å². The molecule has 0 radical (unpaired) electrons. The highest BCUT2D eigenvalue weighted by Crippen LogP contribution is 2.41. The van der Waals surface area contributed by atoms with Gasteiger partial charge in [0.1, 0.15) is 6.10 Å². The van der Waals surface area contributed by atoms with Crippen molar-refractivity contribution in [3.05, 3.63) is 41.5 Å². The fourth-order valence-corrected chi connectivity index (χ4v) is 3.50. The SMILES string of the molecule is CC1=C(c2ccccc2)C(=O)O[C@@H]2C[C@@H](Cl)CC[C@H]12. The van der Waals surface area contributed by atoms with E-state index in [9.17, 15) is 4.79 Å². The van der Waals surface area contributed by atoms with Gasteiger partial charge in [0.15, 0.2) is 0 Å². The molecule has 2 aliphatic rings. The third-order valence-electron chi connectivity index (χ3n) is 4.20. The first-order valence-corrected chi connectivity index (χ1v) is 7.21. The molecule has 0 N–H and O–H groups in total. The zero-order chi connectivity index (χ0) is 13.4. The van der Waals surface area contributed by atoms with E-state index in [1.54, 1.807) is 0 Å². The number of ether oxygens (including phenoxy) is 1. The Hall–Kier alpha value is -1.28. The van der Waals surface area contributed by atoms with Gasteiger partial charge < -0.3 is 4.74 Å². The molecule has 1 fully saturated rings. The van der Waals surface area contributed by atoms with E-state index in [0.29, 0.717) is 5.92 Å². The molecule has 1 aromatic carbocycles. The number of carbonyl (C=O) groups excluding carboxylic acids is 1. The second kappa shape index (κ2) is 5.01. The van der Waals surface area contributed by atoms with Crippen molar-refractivity contribution in [1.29, 1.82) is 0 Å². The lowest BCUT2D eigenvalue weighted by atomic mass is 9.77. The van der Waals surface area contributed by atoms with Gasteiger partial charge in [-0.15, -0.1) is 11.6 Å². The van der Waals surface area contributed by atoms with Gasteiger partial charge >= 0.3 is 5.97 Å². The second-order valence-electron chi connectivity index (χ2n) is 5.38. The first-order valence-electron chi connectivity index (χ1n) is 6.78. The van der Waals surface area contributed by atoms with Crippen LogP contribution in [-0.4, -0.2) is 17.5 Å². The van der Waals surface area contributed by atoms with Gasteiger partial charge in [0.25, 0.3) is 0 Å². The molecule has 1 aliphatic carbocycles. The molecule has 1 saturated carbocycles. The summed E-state index contributed by atoms with van der Waals surface area (Å²) in [7, 11) is 0. The fourth-order valence-electron chi connectivity index (χ4n) is 3.20. The third kappa shape index (κ3) is 2.30. The van der Waals surface area contributed by atoms with Crippen molar-refractivity contribution in [1.82, 2.24) is 0 Å². The molecule has 0 amide bonds. The molecule has 100 valence electrons. The molecule has 1 aromatic rings. The summed E-state index contributed by atoms with van der Waals surface area (Å²) in [5, 5.41) is 0.139. The van der Waals surface area contributed by atoms with Gasteiger partial charge in [-0.25, -0.2) is 4.79 Å². The van der Waals surface area contributed by atoms with Crippen LogP contribution >= 0.6 is 11.6 Å². The minimum Gasteiger partial charge on any atom is -0.458 e. The second-order valence-corrected chi connectivity index (χ2v) is 6.00. The normalized spacial score (nSPS) is 30.8. The van der Waals surface area contributed by atoms with Crippen LogP contribution in [0.25, 0.3) is 5.57 Å². The average Bonchev–Trinajstić information content (AvgIpc) is 2.39. The Morgan fingerprint density at radius 3 is 2.68 bits per heavy atom. The van der Waals surface area contributed by atoms with Gasteiger partial charge in [-0.05, 0) is 25.3 Å². The van der Waals surface area contributed by atoms with Crippen molar-refractivity contribution in [3.8, 4) is 0 Å². The Balaban J connectivity index is 2.00. The minimum absolute atomic E-state index is 0.0313. The molecule has 1 heterocycles. The molecule has 0 saturated heterocycles. The van der Waals surface area contributed by atoms with Crippen LogP contribution in [0, 0.1) is 5.92 Å². The summed E-state index contributed by atoms with van der Waals surface area (Å²) in [6.07, 6.45) is 2.75. The van der Waals surface area contributed by atoms with Gasteiger partial charge in [-0.1, -0.05) is 35.9 Å². The molecular weight excluding hydrogens is 260 g/mol. The van der Waals surface area contributed by atoms with Crippen LogP contribution in [0.3, 0.4) is 0 Å². The Morgan fingerprint density at radius 2 is 1.95 bits per heavy atom. The van der Waals surface area contributed by atoms with Crippen LogP contribution in [0.5, 0.6) is 0 Å². The maximum Gasteiger partial charge on any atom is 0.338 e. The molecule has 19 heavy (non-hydrogen) atoms. The summed E-state index contributed by atoms with van der Waals surface area (Å²) < 4.78 is 5.62. The summed E-state index contributed by atoms with van der Waals surface area (Å²) in [6, 6.07) is 9.78. The van der Waals surface area contributed by atoms with Crippen LogP contribution < -0.4 is 0 Å². The quantitative estimate of drug-likeness (QED) is 0.576. The number of halogens is 1. The van der Waals surface area contributed by atoms with E-state index in [2.05, 4.69) is 6.92 Å². The summed E-state index contributed by atoms with van der Waals surface area (Å²) in [5.74, 6) is 0.138. The molecule has 0 aromatic heterocycles. The van der Waals surface area contributed by atoms with Crippen molar-refractivity contribution >= 4 is 23.1 Å². The van der Waals surface area contributed by atoms with Gasteiger partial charge in [-0.3, -0.25) is 0 Å². The highest BCUT2D eigenvalue weighted by molar-refractivity contribution is 6.21. The number of benzene rings is 1. The summed E-state index contributed by atoms with van der Waals surface area (Å²) in [6.45, 7) is 2.06. The van der Waals surface area contributed by atoms with E-state index < -0.39 is 0 Å². The zero-order valence-electron chi connectivity index (χ0n) is 10.9. The molecule has 2 nitrogen and oxygen atoms in total. The van der Waals surface area contributed by atoms with Crippen molar-refractivity contribution in [2.45, 2.75) is 37.7 Å². The third-order valence-corrected chi connectivity index (χ3v) is 4.60. The Bertz CT molecular complexity index is 521. The molecule has 0 bridgehead atoms. The highest BCUT2D eigenvalue weighted by atomic mass is 35.5. The first-order chi connectivity index (χ1) is 9.16. The largest absolute Gasteiger partial charge is 0.458 e. The summed E-state index contributed by atoms with van der Waals surface area (Å²) in [4.78, 5) is 12.2. The predicted molar refractivity (Wildman–Crippen MR) is 75.9 cm³/mol. The molecule has 3 heteroatoms. The van der Waals surface area contributed by atoms with Gasteiger partial charge in [-0.2, -0.15) is 0 Å². The average molecular weight is 277 g/mol. The van der Waals surface area contributed by atoms with E-state index >= 15 is 0 Å². The molecule has 3 rings (SSSR count). The predicted octanol–water partition coefficient (Wildman–Crippen LogP) is 3.79. The number of rotatable bonds is 1. The Morgan fingerprint density at radius 1 is 1.21 bits per heavy atom. The van der Waals surface area contributed by atoms with E-state index in [1.807, 2.05) is 30.3 Å². The minimum atomic E-state index is -0.198. The van der Waals surface area contributed by atoms with Crippen LogP contribution in [0.4, 0.5) is 0 Å². The van der Waals surface area contributed by atoms with Crippen LogP contribution in [0.15, 0.2) is 35.9 Å². The Kier molecular flexibility index (Phi) is 3.36. The van der Waals surface area contributed by atoms with Crippen LogP contribution in [0.2, 0.25) is 0 Å². The molecular formula is C16H17ClO2. The lowest BCUT2D eigenvalue weighted by Gasteiger charge is -2.38. The van der Waals surface area contributed by atoms with E-state index in [1.165, 1.54) is 0 Å². The van der Waals surface area contributed by atoms with E-state index in [0.717, 1.165) is 36.0 Å². The van der Waals surface area contributed by atoms with Crippen molar-refractivity contribution in [3.63, 3.8) is 0 Å². The van der Waals surface area contributed by atoms with E-state index in [4.69, 9.17) is 16.3 Å². The lowest BCUT2D eigenvalue weighted by molar-refractivity contribution is -0.147.